The van der Waals surface area contributed by atoms with Gasteiger partial charge in [0.25, 0.3) is 11.5 Å². The minimum Gasteiger partial charge on any atom is -0.456 e. The van der Waals surface area contributed by atoms with Crippen LogP contribution < -0.4 is 10.9 Å². The lowest BCUT2D eigenvalue weighted by Gasteiger charge is -2.09. The smallest absolute Gasteiger partial charge is 0.303 e. The van der Waals surface area contributed by atoms with Crippen LogP contribution in [0.1, 0.15) is 12.5 Å². The Kier molecular flexibility index (Phi) is 5.70. The summed E-state index contributed by atoms with van der Waals surface area (Å²) in [5.74, 6) is -1.67. The van der Waals surface area contributed by atoms with Crippen LogP contribution in [0.4, 0.5) is 10.1 Å². The summed E-state index contributed by atoms with van der Waals surface area (Å²) >= 11 is 5.67. The van der Waals surface area contributed by atoms with Gasteiger partial charge >= 0.3 is 5.97 Å². The van der Waals surface area contributed by atoms with Crippen LogP contribution in [0.5, 0.6) is 0 Å². The number of hydrogen-bond donors (Lipinski definition) is 1. The number of carbonyl (C=O) groups excluding carboxylic acids is 2. The molecule has 0 aliphatic heterocycles. The molecule has 7 nitrogen and oxygen atoms in total. The van der Waals surface area contributed by atoms with E-state index in [2.05, 4.69) is 15.0 Å². The normalized spacial score (nSPS) is 10.7. The number of amides is 1. The van der Waals surface area contributed by atoms with Gasteiger partial charge in [0, 0.05) is 12.6 Å². The lowest BCUT2D eigenvalue weighted by Crippen LogP contribution is -2.22. The fourth-order valence-electron chi connectivity index (χ4n) is 2.55. The lowest BCUT2D eigenvalue weighted by molar-refractivity contribution is -0.144. The molecule has 0 radical (unpaired) electrons. The summed E-state index contributed by atoms with van der Waals surface area (Å²) in [4.78, 5) is 39.5. The van der Waals surface area contributed by atoms with E-state index in [1.54, 1.807) is 18.2 Å². The van der Waals surface area contributed by atoms with Gasteiger partial charge in [-0.25, -0.2) is 9.37 Å². The fraction of sp³-hybridized carbons (Fsp3) is 0.158. The first-order valence-electron chi connectivity index (χ1n) is 8.20. The summed E-state index contributed by atoms with van der Waals surface area (Å²) < 4.78 is 19.6. The molecule has 0 atom stereocenters. The Morgan fingerprint density at radius 1 is 1.25 bits per heavy atom. The third-order valence-corrected chi connectivity index (χ3v) is 4.16. The Balaban J connectivity index is 1.87. The second kappa shape index (κ2) is 8.18. The number of nitrogens with zero attached hydrogens (tertiary/aromatic N) is 2. The van der Waals surface area contributed by atoms with Gasteiger partial charge in [0.15, 0.2) is 6.61 Å². The number of rotatable bonds is 5. The molecule has 2 aromatic carbocycles. The van der Waals surface area contributed by atoms with Crippen LogP contribution in [0, 0.1) is 5.82 Å². The molecule has 1 amide bonds. The van der Waals surface area contributed by atoms with Crippen molar-refractivity contribution in [3.8, 4) is 0 Å². The van der Waals surface area contributed by atoms with E-state index in [0.29, 0.717) is 16.8 Å². The first-order valence-corrected chi connectivity index (χ1v) is 8.57. The summed E-state index contributed by atoms with van der Waals surface area (Å²) in [5.41, 5.74) is 1.01. The van der Waals surface area contributed by atoms with Crippen LogP contribution in [0.15, 0.2) is 47.5 Å². The second-order valence-electron chi connectivity index (χ2n) is 5.99. The number of anilines is 1. The van der Waals surface area contributed by atoms with Crippen molar-refractivity contribution in [3.05, 3.63) is 69.5 Å². The molecular weight excluding hydrogens is 389 g/mol. The number of hydrogen-bond acceptors (Lipinski definition) is 5. The summed E-state index contributed by atoms with van der Waals surface area (Å²) in [5, 5.41) is 2.82. The van der Waals surface area contributed by atoms with E-state index >= 15 is 0 Å². The highest BCUT2D eigenvalue weighted by molar-refractivity contribution is 6.30. The van der Waals surface area contributed by atoms with Crippen LogP contribution >= 0.6 is 11.6 Å². The summed E-state index contributed by atoms with van der Waals surface area (Å²) in [6, 6.07) is 8.94. The third kappa shape index (κ3) is 4.52. The molecule has 0 aliphatic rings. The zero-order valence-corrected chi connectivity index (χ0v) is 15.5. The molecule has 0 unspecified atom stereocenters. The standard InChI is InChI=1S/C19H15ClFN3O4/c1-11(25)28-9-18(26)23-13-3-5-17-14(7-13)19(27)24(10-22-17)8-12-2-4-15(20)16(21)6-12/h2-7,10H,8-9H2,1H3,(H,23,26). The van der Waals surface area contributed by atoms with Crippen molar-refractivity contribution in [3.63, 3.8) is 0 Å². The van der Waals surface area contributed by atoms with E-state index in [4.69, 9.17) is 11.6 Å². The topological polar surface area (TPSA) is 90.3 Å². The van der Waals surface area contributed by atoms with Crippen molar-refractivity contribution in [2.75, 3.05) is 11.9 Å². The van der Waals surface area contributed by atoms with Gasteiger partial charge in [-0.05, 0) is 35.9 Å². The minimum atomic E-state index is -0.571. The molecule has 0 saturated heterocycles. The number of ether oxygens (including phenoxy) is 1. The maximum absolute atomic E-state index is 13.6. The van der Waals surface area contributed by atoms with Crippen molar-refractivity contribution in [2.45, 2.75) is 13.5 Å². The number of halogens is 2. The van der Waals surface area contributed by atoms with E-state index in [1.807, 2.05) is 0 Å². The van der Waals surface area contributed by atoms with Gasteiger partial charge in [-0.15, -0.1) is 0 Å². The molecule has 1 heterocycles. The third-order valence-electron chi connectivity index (χ3n) is 3.85. The summed E-state index contributed by atoms with van der Waals surface area (Å²) in [7, 11) is 0. The fourth-order valence-corrected chi connectivity index (χ4v) is 2.67. The van der Waals surface area contributed by atoms with Gasteiger partial charge in [0.05, 0.1) is 28.8 Å². The Labute approximate surface area is 163 Å². The largest absolute Gasteiger partial charge is 0.456 e. The first-order chi connectivity index (χ1) is 13.3. The molecular formula is C19H15ClFN3O4. The Morgan fingerprint density at radius 3 is 2.75 bits per heavy atom. The first kappa shape index (κ1) is 19.5. The molecule has 0 spiro atoms. The molecule has 0 fully saturated rings. The van der Waals surface area contributed by atoms with Crippen molar-refractivity contribution in [1.29, 1.82) is 0 Å². The van der Waals surface area contributed by atoms with Crippen LogP contribution in [0.3, 0.4) is 0 Å². The summed E-state index contributed by atoms with van der Waals surface area (Å²) in [6.07, 6.45) is 1.37. The Morgan fingerprint density at radius 2 is 2.04 bits per heavy atom. The highest BCUT2D eigenvalue weighted by Crippen LogP contribution is 2.17. The van der Waals surface area contributed by atoms with Crippen LogP contribution in [-0.2, 0) is 20.9 Å². The molecule has 3 aromatic rings. The van der Waals surface area contributed by atoms with Gasteiger partial charge < -0.3 is 10.1 Å². The van der Waals surface area contributed by atoms with Crippen molar-refractivity contribution in [1.82, 2.24) is 9.55 Å². The summed E-state index contributed by atoms with van der Waals surface area (Å²) in [6.45, 7) is 0.885. The van der Waals surface area contributed by atoms with Gasteiger partial charge in [-0.2, -0.15) is 0 Å². The molecule has 28 heavy (non-hydrogen) atoms. The highest BCUT2D eigenvalue weighted by atomic mass is 35.5. The maximum atomic E-state index is 13.6. The predicted octanol–water partition coefficient (Wildman–Crippen LogP) is 2.74. The van der Waals surface area contributed by atoms with Gasteiger partial charge in [-0.3, -0.25) is 19.0 Å². The van der Waals surface area contributed by atoms with Crippen LogP contribution in [0.2, 0.25) is 5.02 Å². The average molecular weight is 404 g/mol. The SMILES string of the molecule is CC(=O)OCC(=O)Nc1ccc2ncn(Cc3ccc(Cl)c(F)c3)c(=O)c2c1. The van der Waals surface area contributed by atoms with Crippen LogP contribution in [0.25, 0.3) is 10.9 Å². The van der Waals surface area contributed by atoms with E-state index in [1.165, 1.54) is 36.0 Å². The van der Waals surface area contributed by atoms with Crippen molar-refractivity contribution < 1.29 is 18.7 Å². The number of nitrogens with one attached hydrogen (secondary N) is 1. The van der Waals surface area contributed by atoms with Gasteiger partial charge in [0.1, 0.15) is 5.82 Å². The van der Waals surface area contributed by atoms with E-state index in [9.17, 15) is 18.8 Å². The van der Waals surface area contributed by atoms with E-state index in [-0.39, 0.29) is 22.5 Å². The van der Waals surface area contributed by atoms with E-state index < -0.39 is 24.3 Å². The molecule has 1 N–H and O–H groups in total. The molecule has 0 aliphatic carbocycles. The van der Waals surface area contributed by atoms with Crippen molar-refractivity contribution >= 4 is 40.1 Å². The lowest BCUT2D eigenvalue weighted by atomic mass is 10.2. The van der Waals surface area contributed by atoms with E-state index in [0.717, 1.165) is 0 Å². The number of benzene rings is 2. The molecule has 0 saturated carbocycles. The number of aromatic nitrogens is 2. The monoisotopic (exact) mass is 403 g/mol. The van der Waals surface area contributed by atoms with Crippen LogP contribution in [-0.4, -0.2) is 28.0 Å². The zero-order valence-electron chi connectivity index (χ0n) is 14.7. The second-order valence-corrected chi connectivity index (χ2v) is 6.39. The zero-order chi connectivity index (χ0) is 20.3. The molecule has 3 rings (SSSR count). The maximum Gasteiger partial charge on any atom is 0.303 e. The molecule has 144 valence electrons. The number of carbonyl (C=O) groups is 2. The molecule has 0 bridgehead atoms. The Bertz CT molecular complexity index is 1130. The average Bonchev–Trinajstić information content (AvgIpc) is 2.65. The quantitative estimate of drug-likeness (QED) is 0.661. The van der Waals surface area contributed by atoms with Crippen molar-refractivity contribution in [2.24, 2.45) is 0 Å². The molecule has 9 heteroatoms. The minimum absolute atomic E-state index is 0.00173. The molecule has 1 aromatic heterocycles. The highest BCUT2D eigenvalue weighted by Gasteiger charge is 2.10. The number of fused-ring (bicyclic) bond motifs is 1. The number of esters is 1. The van der Waals surface area contributed by atoms with Gasteiger partial charge in [-0.1, -0.05) is 17.7 Å². The van der Waals surface area contributed by atoms with Gasteiger partial charge in [0.2, 0.25) is 0 Å². The predicted molar refractivity (Wildman–Crippen MR) is 102 cm³/mol. The Hall–Kier alpha value is -3.26.